The standard InChI is InChI=1S/C12H16O6/c1-7(13)18-9-6-4-5-8(11(14)16-2)10(9)12(15)17-3/h4,6,8-10H,5H2,1-3H3/t8-,9+,10+/m0/s1. The summed E-state index contributed by atoms with van der Waals surface area (Å²) in [6.07, 6.45) is 2.83. The van der Waals surface area contributed by atoms with Crippen molar-refractivity contribution in [2.75, 3.05) is 14.2 Å². The van der Waals surface area contributed by atoms with Gasteiger partial charge in [-0.2, -0.15) is 0 Å². The van der Waals surface area contributed by atoms with Crippen LogP contribution in [0.1, 0.15) is 13.3 Å². The van der Waals surface area contributed by atoms with Crippen LogP contribution in [0.25, 0.3) is 0 Å². The molecule has 0 unspecified atom stereocenters. The lowest BCUT2D eigenvalue weighted by Crippen LogP contribution is -2.42. The van der Waals surface area contributed by atoms with Crippen LogP contribution in [-0.2, 0) is 28.6 Å². The van der Waals surface area contributed by atoms with E-state index in [-0.39, 0.29) is 0 Å². The molecule has 0 bridgehead atoms. The first-order chi connectivity index (χ1) is 8.51. The number of methoxy groups -OCH3 is 2. The number of allylic oxidation sites excluding steroid dienone is 1. The van der Waals surface area contributed by atoms with Crippen molar-refractivity contribution in [2.24, 2.45) is 11.8 Å². The van der Waals surface area contributed by atoms with Crippen LogP contribution in [0.4, 0.5) is 0 Å². The van der Waals surface area contributed by atoms with Crippen molar-refractivity contribution in [3.63, 3.8) is 0 Å². The van der Waals surface area contributed by atoms with Gasteiger partial charge < -0.3 is 14.2 Å². The number of ether oxygens (including phenoxy) is 3. The second kappa shape index (κ2) is 6.18. The second-order valence-corrected chi connectivity index (χ2v) is 3.92. The molecule has 0 spiro atoms. The van der Waals surface area contributed by atoms with Gasteiger partial charge in [-0.25, -0.2) is 0 Å². The molecule has 100 valence electrons. The van der Waals surface area contributed by atoms with Crippen LogP contribution in [0.2, 0.25) is 0 Å². The van der Waals surface area contributed by atoms with Crippen LogP contribution in [0.3, 0.4) is 0 Å². The SMILES string of the molecule is COC(=O)[C@@H]1[C@@H](C(=O)OC)CC=C[C@H]1OC(C)=O. The van der Waals surface area contributed by atoms with Crippen molar-refractivity contribution in [1.29, 1.82) is 0 Å². The number of esters is 3. The average Bonchev–Trinajstić information content (AvgIpc) is 2.36. The first kappa shape index (κ1) is 14.2. The number of carbonyl (C=O) groups is 3. The maximum Gasteiger partial charge on any atom is 0.313 e. The van der Waals surface area contributed by atoms with Crippen LogP contribution in [0.15, 0.2) is 12.2 Å². The fourth-order valence-electron chi connectivity index (χ4n) is 1.99. The van der Waals surface area contributed by atoms with Crippen molar-refractivity contribution < 1.29 is 28.6 Å². The lowest BCUT2D eigenvalue weighted by molar-refractivity contribution is -0.167. The van der Waals surface area contributed by atoms with Crippen LogP contribution in [-0.4, -0.2) is 38.2 Å². The van der Waals surface area contributed by atoms with Gasteiger partial charge >= 0.3 is 17.9 Å². The van der Waals surface area contributed by atoms with Crippen LogP contribution in [0.5, 0.6) is 0 Å². The smallest absolute Gasteiger partial charge is 0.313 e. The van der Waals surface area contributed by atoms with Crippen LogP contribution in [0, 0.1) is 11.8 Å². The highest BCUT2D eigenvalue weighted by molar-refractivity contribution is 5.83. The molecule has 0 fully saturated rings. The Morgan fingerprint density at radius 3 is 2.22 bits per heavy atom. The topological polar surface area (TPSA) is 78.9 Å². The van der Waals surface area contributed by atoms with E-state index in [1.807, 2.05) is 0 Å². The molecule has 0 aromatic rings. The molecular weight excluding hydrogens is 240 g/mol. The second-order valence-electron chi connectivity index (χ2n) is 3.92. The van der Waals surface area contributed by atoms with Gasteiger partial charge in [-0.1, -0.05) is 6.08 Å². The Bertz CT molecular complexity index is 373. The van der Waals surface area contributed by atoms with Crippen molar-refractivity contribution in [2.45, 2.75) is 19.4 Å². The highest BCUT2D eigenvalue weighted by Crippen LogP contribution is 2.30. The highest BCUT2D eigenvalue weighted by atomic mass is 16.6. The quantitative estimate of drug-likeness (QED) is 0.414. The summed E-state index contributed by atoms with van der Waals surface area (Å²) in [5.74, 6) is -3.20. The molecule has 0 saturated heterocycles. The van der Waals surface area contributed by atoms with E-state index in [4.69, 9.17) is 4.74 Å². The molecule has 0 aliphatic heterocycles. The molecule has 3 atom stereocenters. The van der Waals surface area contributed by atoms with Crippen molar-refractivity contribution >= 4 is 17.9 Å². The molecular formula is C12H16O6. The van der Waals surface area contributed by atoms with Gasteiger partial charge in [-0.05, 0) is 12.5 Å². The molecule has 6 heteroatoms. The first-order valence-corrected chi connectivity index (χ1v) is 5.50. The summed E-state index contributed by atoms with van der Waals surface area (Å²) in [7, 11) is 2.47. The number of carbonyl (C=O) groups excluding carboxylic acids is 3. The summed E-state index contributed by atoms with van der Waals surface area (Å²) in [4.78, 5) is 34.3. The Morgan fingerprint density at radius 2 is 1.72 bits per heavy atom. The monoisotopic (exact) mass is 256 g/mol. The average molecular weight is 256 g/mol. The number of rotatable bonds is 3. The molecule has 1 rings (SSSR count). The fraction of sp³-hybridized carbons (Fsp3) is 0.583. The molecule has 0 heterocycles. The molecule has 1 aliphatic carbocycles. The molecule has 0 amide bonds. The van der Waals surface area contributed by atoms with Crippen molar-refractivity contribution in [3.05, 3.63) is 12.2 Å². The normalized spacial score (nSPS) is 26.3. The summed E-state index contributed by atoms with van der Waals surface area (Å²) in [6.45, 7) is 1.24. The van der Waals surface area contributed by atoms with E-state index in [9.17, 15) is 14.4 Å². The van der Waals surface area contributed by atoms with E-state index in [1.54, 1.807) is 12.2 Å². The van der Waals surface area contributed by atoms with Gasteiger partial charge in [0.05, 0.1) is 20.1 Å². The Morgan fingerprint density at radius 1 is 1.11 bits per heavy atom. The van der Waals surface area contributed by atoms with E-state index in [1.165, 1.54) is 21.1 Å². The van der Waals surface area contributed by atoms with E-state index in [0.717, 1.165) is 0 Å². The summed E-state index contributed by atoms with van der Waals surface area (Å²) >= 11 is 0. The Balaban J connectivity index is 2.99. The maximum atomic E-state index is 11.7. The molecule has 0 aromatic carbocycles. The zero-order chi connectivity index (χ0) is 13.7. The molecule has 0 saturated carbocycles. The zero-order valence-corrected chi connectivity index (χ0v) is 10.5. The van der Waals surface area contributed by atoms with Gasteiger partial charge in [0.15, 0.2) is 0 Å². The van der Waals surface area contributed by atoms with Gasteiger partial charge in [0.1, 0.15) is 12.0 Å². The largest absolute Gasteiger partial charge is 0.469 e. The molecule has 18 heavy (non-hydrogen) atoms. The maximum absolute atomic E-state index is 11.7. The van der Waals surface area contributed by atoms with Gasteiger partial charge in [-0.15, -0.1) is 0 Å². The molecule has 0 radical (unpaired) electrons. The van der Waals surface area contributed by atoms with E-state index >= 15 is 0 Å². The summed E-state index contributed by atoms with van der Waals surface area (Å²) in [5, 5.41) is 0. The third kappa shape index (κ3) is 3.09. The first-order valence-electron chi connectivity index (χ1n) is 5.50. The minimum atomic E-state index is -0.864. The molecule has 1 aliphatic rings. The van der Waals surface area contributed by atoms with Crippen LogP contribution >= 0.6 is 0 Å². The Kier molecular flexibility index (Phi) is 4.88. The Labute approximate surface area is 105 Å². The number of hydrogen-bond donors (Lipinski definition) is 0. The predicted octanol–water partition coefficient (Wildman–Crippen LogP) is 0.456. The molecule has 0 aromatic heterocycles. The van der Waals surface area contributed by atoms with Gasteiger partial charge in [-0.3, -0.25) is 14.4 Å². The summed E-state index contributed by atoms with van der Waals surface area (Å²) in [6, 6.07) is 0. The van der Waals surface area contributed by atoms with Crippen LogP contribution < -0.4 is 0 Å². The van der Waals surface area contributed by atoms with Crippen molar-refractivity contribution in [3.8, 4) is 0 Å². The third-order valence-electron chi connectivity index (χ3n) is 2.78. The third-order valence-corrected chi connectivity index (χ3v) is 2.78. The minimum Gasteiger partial charge on any atom is -0.469 e. The fourth-order valence-corrected chi connectivity index (χ4v) is 1.99. The van der Waals surface area contributed by atoms with E-state index in [0.29, 0.717) is 6.42 Å². The lowest BCUT2D eigenvalue weighted by atomic mass is 9.81. The predicted molar refractivity (Wildman–Crippen MR) is 60.3 cm³/mol. The minimum absolute atomic E-state index is 0.351. The molecule has 0 N–H and O–H groups in total. The highest BCUT2D eigenvalue weighted by Gasteiger charge is 2.43. The zero-order valence-electron chi connectivity index (χ0n) is 10.5. The van der Waals surface area contributed by atoms with Crippen molar-refractivity contribution in [1.82, 2.24) is 0 Å². The van der Waals surface area contributed by atoms with Gasteiger partial charge in [0.2, 0.25) is 0 Å². The van der Waals surface area contributed by atoms with E-state index < -0.39 is 35.8 Å². The van der Waals surface area contributed by atoms with E-state index in [2.05, 4.69) is 9.47 Å². The lowest BCUT2D eigenvalue weighted by Gasteiger charge is -2.30. The number of hydrogen-bond acceptors (Lipinski definition) is 6. The van der Waals surface area contributed by atoms with Gasteiger partial charge in [0, 0.05) is 6.92 Å². The molecule has 6 nitrogen and oxygen atoms in total. The Hall–Kier alpha value is -1.85. The summed E-state index contributed by atoms with van der Waals surface area (Å²) in [5.41, 5.74) is 0. The van der Waals surface area contributed by atoms with Gasteiger partial charge in [0.25, 0.3) is 0 Å². The summed E-state index contributed by atoms with van der Waals surface area (Å²) < 4.78 is 14.3.